The molecule has 3 rings (SSSR count). The molecular weight excluding hydrogens is 364 g/mol. The molecule has 9 nitrogen and oxygen atoms in total. The first-order valence-corrected chi connectivity index (χ1v) is 9.38. The predicted octanol–water partition coefficient (Wildman–Crippen LogP) is 1.54. The van der Waals surface area contributed by atoms with Gasteiger partial charge >= 0.3 is 11.9 Å². The molecule has 3 heterocycles. The Balaban J connectivity index is 1.67. The molecule has 2 aromatic rings. The van der Waals surface area contributed by atoms with Gasteiger partial charge in [-0.1, -0.05) is 0 Å². The van der Waals surface area contributed by atoms with Crippen molar-refractivity contribution in [2.75, 3.05) is 20.2 Å². The molecular formula is C16H18N2O7S. The van der Waals surface area contributed by atoms with Gasteiger partial charge in [0.25, 0.3) is 0 Å². The van der Waals surface area contributed by atoms with Gasteiger partial charge in [0.2, 0.25) is 10.0 Å². The number of carbonyl (C=O) groups is 2. The van der Waals surface area contributed by atoms with Crippen molar-refractivity contribution < 1.29 is 31.9 Å². The van der Waals surface area contributed by atoms with Crippen molar-refractivity contribution >= 4 is 22.0 Å². The molecule has 0 aliphatic carbocycles. The van der Waals surface area contributed by atoms with E-state index in [9.17, 15) is 18.0 Å². The lowest BCUT2D eigenvalue weighted by Crippen LogP contribution is -2.27. The van der Waals surface area contributed by atoms with Crippen LogP contribution in [-0.2, 0) is 26.1 Å². The molecule has 0 bridgehead atoms. The highest BCUT2D eigenvalue weighted by atomic mass is 32.2. The van der Waals surface area contributed by atoms with Crippen molar-refractivity contribution in [3.05, 3.63) is 41.6 Å². The Bertz CT molecular complexity index is 907. The number of sulfonamides is 1. The van der Waals surface area contributed by atoms with Crippen molar-refractivity contribution in [1.82, 2.24) is 9.29 Å². The number of methoxy groups -OCH3 is 1. The van der Waals surface area contributed by atoms with Gasteiger partial charge < -0.3 is 18.9 Å². The highest BCUT2D eigenvalue weighted by molar-refractivity contribution is 7.89. The standard InChI is InChI=1S/C16H18N2O7S/c1-23-15(19)12-4-7-24-14(12)10-25-16(20)13-8-11(9-17-13)26(21,22)18-5-2-3-6-18/h4,7-9,17H,2-3,5-6,10H2,1H3. The van der Waals surface area contributed by atoms with E-state index >= 15 is 0 Å². The average Bonchev–Trinajstić information content (AvgIpc) is 3.39. The molecule has 1 aliphatic rings. The number of nitrogens with zero attached hydrogens (tertiary/aromatic N) is 1. The van der Waals surface area contributed by atoms with Crippen LogP contribution in [0.3, 0.4) is 0 Å². The zero-order valence-electron chi connectivity index (χ0n) is 14.1. The molecule has 140 valence electrons. The molecule has 26 heavy (non-hydrogen) atoms. The lowest BCUT2D eigenvalue weighted by atomic mass is 10.2. The maximum atomic E-state index is 12.5. The van der Waals surface area contributed by atoms with E-state index in [1.54, 1.807) is 0 Å². The van der Waals surface area contributed by atoms with Gasteiger partial charge in [-0.2, -0.15) is 4.31 Å². The van der Waals surface area contributed by atoms with Crippen molar-refractivity contribution in [2.45, 2.75) is 24.3 Å². The third-order valence-corrected chi connectivity index (χ3v) is 5.94. The van der Waals surface area contributed by atoms with Crippen molar-refractivity contribution in [2.24, 2.45) is 0 Å². The van der Waals surface area contributed by atoms with Gasteiger partial charge in [-0.25, -0.2) is 18.0 Å². The molecule has 0 unspecified atom stereocenters. The van der Waals surface area contributed by atoms with Crippen LogP contribution < -0.4 is 0 Å². The molecule has 0 saturated carbocycles. The first-order chi connectivity index (χ1) is 12.4. The topological polar surface area (TPSA) is 119 Å². The number of rotatable bonds is 6. The summed E-state index contributed by atoms with van der Waals surface area (Å²) in [7, 11) is -2.39. The summed E-state index contributed by atoms with van der Waals surface area (Å²) in [5.41, 5.74) is 0.151. The fourth-order valence-corrected chi connectivity index (χ4v) is 4.18. The van der Waals surface area contributed by atoms with Crippen molar-refractivity contribution in [3.63, 3.8) is 0 Å². The first kappa shape index (κ1) is 18.2. The maximum Gasteiger partial charge on any atom is 0.355 e. The average molecular weight is 382 g/mol. The number of aromatic nitrogens is 1. The fraction of sp³-hybridized carbons (Fsp3) is 0.375. The van der Waals surface area contributed by atoms with E-state index in [1.807, 2.05) is 0 Å². The van der Waals surface area contributed by atoms with Crippen LogP contribution in [0.1, 0.15) is 39.4 Å². The van der Waals surface area contributed by atoms with Crippen LogP contribution in [0.2, 0.25) is 0 Å². The van der Waals surface area contributed by atoms with Gasteiger partial charge in [0.1, 0.15) is 16.2 Å². The van der Waals surface area contributed by atoms with Crippen LogP contribution >= 0.6 is 0 Å². The summed E-state index contributed by atoms with van der Waals surface area (Å²) in [5.74, 6) is -1.23. The van der Waals surface area contributed by atoms with E-state index in [-0.39, 0.29) is 28.5 Å². The van der Waals surface area contributed by atoms with Crippen LogP contribution in [0, 0.1) is 0 Å². The van der Waals surface area contributed by atoms with Gasteiger partial charge in [0.05, 0.1) is 13.4 Å². The Morgan fingerprint density at radius 2 is 2.00 bits per heavy atom. The minimum atomic E-state index is -3.62. The number of nitrogens with one attached hydrogen (secondary N) is 1. The van der Waals surface area contributed by atoms with Crippen LogP contribution in [0.25, 0.3) is 0 Å². The monoisotopic (exact) mass is 382 g/mol. The lowest BCUT2D eigenvalue weighted by molar-refractivity contribution is 0.0426. The maximum absolute atomic E-state index is 12.5. The van der Waals surface area contributed by atoms with Crippen LogP contribution in [0.5, 0.6) is 0 Å². The number of esters is 2. The second kappa shape index (κ2) is 7.34. The Kier molecular flexibility index (Phi) is 5.14. The Morgan fingerprint density at radius 1 is 1.27 bits per heavy atom. The van der Waals surface area contributed by atoms with E-state index in [4.69, 9.17) is 9.15 Å². The zero-order chi connectivity index (χ0) is 18.7. The fourth-order valence-electron chi connectivity index (χ4n) is 2.67. The van der Waals surface area contributed by atoms with Gasteiger partial charge in [0, 0.05) is 19.3 Å². The quantitative estimate of drug-likeness (QED) is 0.753. The molecule has 0 radical (unpaired) electrons. The first-order valence-electron chi connectivity index (χ1n) is 7.94. The highest BCUT2D eigenvalue weighted by Gasteiger charge is 2.29. The third-order valence-electron chi connectivity index (χ3n) is 4.06. The molecule has 1 aliphatic heterocycles. The summed E-state index contributed by atoms with van der Waals surface area (Å²) in [5, 5.41) is 0. The molecule has 2 aromatic heterocycles. The van der Waals surface area contributed by atoms with Gasteiger partial charge in [-0.05, 0) is 25.0 Å². The number of furan rings is 1. The molecule has 1 saturated heterocycles. The highest BCUT2D eigenvalue weighted by Crippen LogP contribution is 2.22. The Labute approximate surface area is 149 Å². The van der Waals surface area contributed by atoms with E-state index in [0.29, 0.717) is 13.1 Å². The summed E-state index contributed by atoms with van der Waals surface area (Å²) in [4.78, 5) is 26.3. The second-order valence-electron chi connectivity index (χ2n) is 5.69. The Morgan fingerprint density at radius 3 is 2.69 bits per heavy atom. The smallest absolute Gasteiger partial charge is 0.355 e. The van der Waals surface area contributed by atoms with E-state index < -0.39 is 22.0 Å². The molecule has 0 spiro atoms. The number of carbonyl (C=O) groups excluding carboxylic acids is 2. The van der Waals surface area contributed by atoms with Crippen molar-refractivity contribution in [3.8, 4) is 0 Å². The van der Waals surface area contributed by atoms with Gasteiger partial charge in [-0.15, -0.1) is 0 Å². The molecule has 10 heteroatoms. The van der Waals surface area contributed by atoms with E-state index in [1.165, 1.54) is 36.0 Å². The number of hydrogen-bond donors (Lipinski definition) is 1. The van der Waals surface area contributed by atoms with E-state index in [2.05, 4.69) is 9.72 Å². The van der Waals surface area contributed by atoms with Gasteiger partial charge in [0.15, 0.2) is 12.4 Å². The largest absolute Gasteiger partial charge is 0.465 e. The molecule has 0 amide bonds. The van der Waals surface area contributed by atoms with Crippen LogP contribution in [-0.4, -0.2) is 49.8 Å². The molecule has 1 fully saturated rings. The van der Waals surface area contributed by atoms with Gasteiger partial charge in [-0.3, -0.25) is 0 Å². The van der Waals surface area contributed by atoms with E-state index in [0.717, 1.165) is 12.8 Å². The normalized spacial score (nSPS) is 15.1. The molecule has 1 N–H and O–H groups in total. The summed E-state index contributed by atoms with van der Waals surface area (Å²) < 4.78 is 41.1. The number of ether oxygens (including phenoxy) is 2. The third kappa shape index (κ3) is 3.51. The van der Waals surface area contributed by atoms with Crippen LogP contribution in [0.4, 0.5) is 0 Å². The summed E-state index contributed by atoms with van der Waals surface area (Å²) in [6.45, 7) is 0.660. The lowest BCUT2D eigenvalue weighted by Gasteiger charge is -2.13. The minimum Gasteiger partial charge on any atom is -0.465 e. The molecule has 0 aromatic carbocycles. The predicted molar refractivity (Wildman–Crippen MR) is 88.0 cm³/mol. The summed E-state index contributed by atoms with van der Waals surface area (Å²) in [6, 6.07) is 2.64. The number of H-pyrrole nitrogens is 1. The zero-order valence-corrected chi connectivity index (χ0v) is 14.9. The summed E-state index contributed by atoms with van der Waals surface area (Å²) in [6.07, 6.45) is 4.19. The van der Waals surface area contributed by atoms with Crippen LogP contribution in [0.15, 0.2) is 33.9 Å². The number of hydrogen-bond acceptors (Lipinski definition) is 7. The van der Waals surface area contributed by atoms with Crippen molar-refractivity contribution in [1.29, 1.82) is 0 Å². The Hall–Kier alpha value is -2.59. The SMILES string of the molecule is COC(=O)c1ccoc1COC(=O)c1cc(S(=O)(=O)N2CCCC2)c[nH]1. The summed E-state index contributed by atoms with van der Waals surface area (Å²) >= 11 is 0. The molecule has 0 atom stereocenters. The number of aromatic amines is 1. The minimum absolute atomic E-state index is 0.00561. The second-order valence-corrected chi connectivity index (χ2v) is 7.62.